The van der Waals surface area contributed by atoms with Crippen LogP contribution >= 0.6 is 0 Å². The van der Waals surface area contributed by atoms with Crippen LogP contribution in [-0.4, -0.2) is 87.6 Å². The predicted molar refractivity (Wildman–Crippen MR) is 183 cm³/mol. The maximum absolute atomic E-state index is 13.9. The molecule has 0 amide bonds. The molecule has 1 saturated heterocycles. The van der Waals surface area contributed by atoms with E-state index in [4.69, 9.17) is 24.7 Å². The van der Waals surface area contributed by atoms with Crippen LogP contribution in [0.15, 0.2) is 60.7 Å². The molecule has 0 radical (unpaired) electrons. The minimum absolute atomic E-state index is 0.0187. The van der Waals surface area contributed by atoms with Crippen LogP contribution in [0.25, 0.3) is 10.8 Å². The van der Waals surface area contributed by atoms with E-state index >= 15 is 0 Å². The fraction of sp³-hybridized carbons (Fsp3) is 0.333. The topological polar surface area (TPSA) is 212 Å². The van der Waals surface area contributed by atoms with E-state index < -0.39 is 102 Å². The van der Waals surface area contributed by atoms with Crippen molar-refractivity contribution in [1.82, 2.24) is 0 Å². The molecule has 1 fully saturated rings. The summed E-state index contributed by atoms with van der Waals surface area (Å²) in [5.74, 6) is -4.57. The number of aliphatic hydroxyl groups is 2. The van der Waals surface area contributed by atoms with Crippen LogP contribution in [0.4, 0.5) is 0 Å². The van der Waals surface area contributed by atoms with E-state index in [9.17, 15) is 39.6 Å². The fourth-order valence-corrected chi connectivity index (χ4v) is 7.54. The zero-order valence-electron chi connectivity index (χ0n) is 28.3. The summed E-state index contributed by atoms with van der Waals surface area (Å²) in [5, 5.41) is 47.5. The largest absolute Gasteiger partial charge is 0.507 e. The average molecular weight is 712 g/mol. The van der Waals surface area contributed by atoms with Crippen molar-refractivity contribution in [2.45, 2.75) is 68.9 Å². The minimum Gasteiger partial charge on any atom is -0.507 e. The molecule has 7 rings (SSSR count). The first-order valence-corrected chi connectivity index (χ1v) is 16.8. The van der Waals surface area contributed by atoms with Gasteiger partial charge in [-0.25, -0.2) is 0 Å². The molecule has 13 nitrogen and oxygen atoms in total. The van der Waals surface area contributed by atoms with Gasteiger partial charge in [0.25, 0.3) is 0 Å². The second-order valence-corrected chi connectivity index (χ2v) is 13.5. The number of methoxy groups -OCH3 is 1. The van der Waals surface area contributed by atoms with Gasteiger partial charge in [0.15, 0.2) is 18.7 Å². The molecule has 1 heterocycles. The quantitative estimate of drug-likeness (QED) is 0.116. The molecule has 4 aromatic rings. The van der Waals surface area contributed by atoms with E-state index in [2.05, 4.69) is 0 Å². The second kappa shape index (κ2) is 13.4. The Morgan fingerprint density at radius 2 is 1.67 bits per heavy atom. The van der Waals surface area contributed by atoms with Gasteiger partial charge in [0, 0.05) is 42.0 Å². The molecule has 3 aliphatic rings. The monoisotopic (exact) mass is 711 g/mol. The first kappa shape index (κ1) is 35.2. The number of carbonyl (C=O) groups is 4. The van der Waals surface area contributed by atoms with E-state index in [0.717, 1.165) is 10.8 Å². The SMILES string of the molecule is COc1cccc2c1C(=O)c1c(O)c3c(c(O)c1C2=O)CC(O)(C(=O)COC(=O)Cc1cccc2ccccc12)CC3O[C@H]1C[C@H](N)[C@H](O)[C@H](C)O1. The molecular weight excluding hydrogens is 674 g/mol. The Labute approximate surface area is 297 Å². The molecule has 4 aromatic carbocycles. The van der Waals surface area contributed by atoms with Crippen molar-refractivity contribution in [3.63, 3.8) is 0 Å². The number of carbonyl (C=O) groups excluding carboxylic acids is 4. The Morgan fingerprint density at radius 1 is 0.962 bits per heavy atom. The van der Waals surface area contributed by atoms with Gasteiger partial charge in [0.05, 0.1) is 48.5 Å². The molecular formula is C39H37NO12. The summed E-state index contributed by atoms with van der Waals surface area (Å²) in [5.41, 5.74) is 2.92. The van der Waals surface area contributed by atoms with Crippen LogP contribution in [0, 0.1) is 0 Å². The number of aliphatic hydroxyl groups excluding tert-OH is 1. The predicted octanol–water partition coefficient (Wildman–Crippen LogP) is 2.95. The minimum atomic E-state index is -2.35. The lowest BCUT2D eigenvalue weighted by atomic mass is 9.72. The fourth-order valence-electron chi connectivity index (χ4n) is 7.54. The van der Waals surface area contributed by atoms with Crippen molar-refractivity contribution in [3.05, 3.63) is 99.6 Å². The molecule has 0 bridgehead atoms. The normalized spacial score (nSPS) is 25.2. The molecule has 13 heteroatoms. The summed E-state index contributed by atoms with van der Waals surface area (Å²) in [6.45, 7) is 0.745. The van der Waals surface area contributed by atoms with Crippen LogP contribution in [0.5, 0.6) is 17.2 Å². The summed E-state index contributed by atoms with van der Waals surface area (Å²) in [4.78, 5) is 54.5. The van der Waals surface area contributed by atoms with Crippen LogP contribution in [-0.2, 0) is 36.6 Å². The molecule has 0 saturated carbocycles. The lowest BCUT2D eigenvalue weighted by molar-refractivity contribution is -0.247. The third-order valence-corrected chi connectivity index (χ3v) is 10.2. The number of Topliss-reactive ketones (excluding diaryl/α,β-unsaturated/α-hetero) is 1. The average Bonchev–Trinajstić information content (AvgIpc) is 3.12. The smallest absolute Gasteiger partial charge is 0.310 e. The highest BCUT2D eigenvalue weighted by Gasteiger charge is 2.50. The number of phenolic OH excluding ortho intramolecular Hbond substituents is 2. The highest BCUT2D eigenvalue weighted by Crippen LogP contribution is 2.52. The second-order valence-electron chi connectivity index (χ2n) is 13.5. The van der Waals surface area contributed by atoms with Crippen LogP contribution in [0.1, 0.15) is 74.4 Å². The van der Waals surface area contributed by atoms with E-state index in [-0.39, 0.29) is 40.8 Å². The third kappa shape index (κ3) is 5.90. The van der Waals surface area contributed by atoms with E-state index in [0.29, 0.717) is 5.56 Å². The Morgan fingerprint density at radius 3 is 2.42 bits per heavy atom. The Kier molecular flexibility index (Phi) is 9.09. The van der Waals surface area contributed by atoms with Crippen LogP contribution < -0.4 is 10.5 Å². The number of fused-ring (bicyclic) bond motifs is 4. The van der Waals surface area contributed by atoms with Crippen molar-refractivity contribution in [3.8, 4) is 17.2 Å². The molecule has 2 unspecified atom stereocenters. The molecule has 52 heavy (non-hydrogen) atoms. The highest BCUT2D eigenvalue weighted by molar-refractivity contribution is 6.31. The third-order valence-electron chi connectivity index (χ3n) is 10.2. The molecule has 2 aliphatic carbocycles. The van der Waals surface area contributed by atoms with Crippen LogP contribution in [0.3, 0.4) is 0 Å². The summed E-state index contributed by atoms with van der Waals surface area (Å²) in [6.07, 6.45) is -5.62. The van der Waals surface area contributed by atoms with Crippen LogP contribution in [0.2, 0.25) is 0 Å². The molecule has 270 valence electrons. The Balaban J connectivity index is 1.23. The summed E-state index contributed by atoms with van der Waals surface area (Å²) in [6, 6.07) is 16.6. The zero-order valence-corrected chi connectivity index (χ0v) is 28.3. The van der Waals surface area contributed by atoms with E-state index in [1.807, 2.05) is 30.3 Å². The van der Waals surface area contributed by atoms with Gasteiger partial charge in [-0.3, -0.25) is 19.2 Å². The lowest BCUT2D eigenvalue weighted by Gasteiger charge is -2.42. The number of aromatic hydroxyl groups is 2. The van der Waals surface area contributed by atoms with Gasteiger partial charge < -0.3 is 45.1 Å². The van der Waals surface area contributed by atoms with E-state index in [1.54, 1.807) is 19.1 Å². The molecule has 6 N–H and O–H groups in total. The van der Waals surface area contributed by atoms with Gasteiger partial charge in [-0.05, 0) is 29.3 Å². The van der Waals surface area contributed by atoms with Crippen molar-refractivity contribution in [1.29, 1.82) is 0 Å². The van der Waals surface area contributed by atoms with Crippen molar-refractivity contribution < 1.29 is 58.6 Å². The highest BCUT2D eigenvalue weighted by atomic mass is 16.7. The van der Waals surface area contributed by atoms with Gasteiger partial charge in [0.1, 0.15) is 22.8 Å². The number of hydrogen-bond donors (Lipinski definition) is 5. The number of ether oxygens (including phenoxy) is 4. The molecule has 1 aliphatic heterocycles. The standard InChI is InChI=1S/C39H37NO12/c1-18-34(43)24(40)14-29(51-18)52-26-16-39(48,27(41)17-50-28(42)13-20-9-5-8-19-7-3-4-10-21(19)20)15-23-31(26)38(47)33-32(36(23)45)35(44)22-11-6-12-25(49-2)30(22)37(33)46/h3-12,18,24,26,29,34,43,45,47-48H,13-17,40H2,1-2H3/t18-,24-,26?,29-,34+,39?/m0/s1. The number of rotatable bonds is 8. The van der Waals surface area contributed by atoms with Crippen molar-refractivity contribution in [2.75, 3.05) is 13.7 Å². The molecule has 0 spiro atoms. The molecule has 6 atom stereocenters. The zero-order chi connectivity index (χ0) is 37.1. The number of hydrogen-bond acceptors (Lipinski definition) is 13. The molecule has 0 aromatic heterocycles. The number of benzene rings is 4. The van der Waals surface area contributed by atoms with Gasteiger partial charge in [-0.15, -0.1) is 0 Å². The van der Waals surface area contributed by atoms with Gasteiger partial charge in [0.2, 0.25) is 11.6 Å². The number of ketones is 3. The Hall–Kier alpha value is -5.18. The maximum Gasteiger partial charge on any atom is 0.310 e. The Bertz CT molecular complexity index is 2130. The van der Waals surface area contributed by atoms with Gasteiger partial charge in [-0.2, -0.15) is 0 Å². The first-order chi connectivity index (χ1) is 24.8. The number of phenols is 2. The number of nitrogens with two attached hydrogens (primary N) is 1. The summed E-state index contributed by atoms with van der Waals surface area (Å²) >= 11 is 0. The maximum atomic E-state index is 13.9. The van der Waals surface area contributed by atoms with Crippen molar-refractivity contribution >= 4 is 34.1 Å². The lowest BCUT2D eigenvalue weighted by Crippen LogP contribution is -2.53. The summed E-state index contributed by atoms with van der Waals surface area (Å²) < 4.78 is 22.7. The summed E-state index contributed by atoms with van der Waals surface area (Å²) in [7, 11) is 1.32. The van der Waals surface area contributed by atoms with Crippen molar-refractivity contribution in [2.24, 2.45) is 5.73 Å². The van der Waals surface area contributed by atoms with Gasteiger partial charge >= 0.3 is 5.97 Å². The van der Waals surface area contributed by atoms with Gasteiger partial charge in [-0.1, -0.05) is 54.6 Å². The first-order valence-electron chi connectivity index (χ1n) is 16.8. The number of esters is 1. The van der Waals surface area contributed by atoms with E-state index in [1.165, 1.54) is 25.3 Å².